The molecule has 0 saturated heterocycles. The van der Waals surface area contributed by atoms with Crippen LogP contribution in [0.3, 0.4) is 0 Å². The van der Waals surface area contributed by atoms with Gasteiger partial charge in [0.15, 0.2) is 11.0 Å². The fourth-order valence-electron chi connectivity index (χ4n) is 1.94. The summed E-state index contributed by atoms with van der Waals surface area (Å²) in [5, 5.41) is 5.50. The fraction of sp³-hybridized carbons (Fsp3) is 0.357. The van der Waals surface area contributed by atoms with E-state index < -0.39 is 0 Å². The van der Waals surface area contributed by atoms with Crippen molar-refractivity contribution in [1.29, 1.82) is 0 Å². The maximum Gasteiger partial charge on any atom is 0.226 e. The van der Waals surface area contributed by atoms with E-state index in [4.69, 9.17) is 16.1 Å². The van der Waals surface area contributed by atoms with Gasteiger partial charge in [0, 0.05) is 11.4 Å². The summed E-state index contributed by atoms with van der Waals surface area (Å²) in [5.41, 5.74) is 1.83. The van der Waals surface area contributed by atoms with Gasteiger partial charge in [-0.15, -0.1) is 0 Å². The Morgan fingerprint density at radius 3 is 3.10 bits per heavy atom. The summed E-state index contributed by atoms with van der Waals surface area (Å²) in [4.78, 5) is 12.1. The van der Waals surface area contributed by atoms with E-state index in [0.29, 0.717) is 22.5 Å². The number of halogens is 1. The van der Waals surface area contributed by atoms with Crippen molar-refractivity contribution < 1.29 is 4.52 Å². The van der Waals surface area contributed by atoms with Crippen molar-refractivity contribution in [3.63, 3.8) is 0 Å². The Morgan fingerprint density at radius 1 is 1.33 bits per heavy atom. The molecule has 0 aliphatic rings. The van der Waals surface area contributed by atoms with E-state index in [1.54, 1.807) is 11.8 Å². The van der Waals surface area contributed by atoms with Crippen molar-refractivity contribution in [2.75, 3.05) is 0 Å². The smallest absolute Gasteiger partial charge is 0.226 e. The number of imidazole rings is 1. The van der Waals surface area contributed by atoms with Gasteiger partial charge in [-0.2, -0.15) is 4.98 Å². The van der Waals surface area contributed by atoms with Crippen LogP contribution in [0, 0.1) is 0 Å². The summed E-state index contributed by atoms with van der Waals surface area (Å²) in [6, 6.07) is 5.60. The van der Waals surface area contributed by atoms with E-state index in [2.05, 4.69) is 27.0 Å². The normalized spacial score (nSPS) is 11.3. The van der Waals surface area contributed by atoms with Crippen molar-refractivity contribution in [1.82, 2.24) is 20.1 Å². The molecule has 1 N–H and O–H groups in total. The Hall–Kier alpha value is -1.53. The van der Waals surface area contributed by atoms with Crippen LogP contribution in [0.4, 0.5) is 0 Å². The Labute approximate surface area is 131 Å². The van der Waals surface area contributed by atoms with Gasteiger partial charge >= 0.3 is 0 Å². The van der Waals surface area contributed by atoms with Crippen LogP contribution in [-0.2, 0) is 12.2 Å². The van der Waals surface area contributed by atoms with E-state index in [1.807, 2.05) is 18.2 Å². The topological polar surface area (TPSA) is 67.6 Å². The summed E-state index contributed by atoms with van der Waals surface area (Å²) in [7, 11) is 0. The zero-order valence-corrected chi connectivity index (χ0v) is 13.2. The Kier molecular flexibility index (Phi) is 4.45. The quantitative estimate of drug-likeness (QED) is 0.688. The highest BCUT2D eigenvalue weighted by atomic mass is 35.5. The summed E-state index contributed by atoms with van der Waals surface area (Å²) >= 11 is 7.51. The zero-order chi connectivity index (χ0) is 14.7. The van der Waals surface area contributed by atoms with Gasteiger partial charge in [-0.25, -0.2) is 4.98 Å². The largest absolute Gasteiger partial charge is 0.339 e. The summed E-state index contributed by atoms with van der Waals surface area (Å²) in [5.74, 6) is 2.04. The number of rotatable bonds is 6. The van der Waals surface area contributed by atoms with Crippen LogP contribution in [0.1, 0.15) is 31.5 Å². The van der Waals surface area contributed by atoms with Crippen molar-refractivity contribution in [3.8, 4) is 0 Å². The number of H-pyrrole nitrogens is 1. The fourth-order valence-corrected chi connectivity index (χ4v) is 2.84. The highest BCUT2D eigenvalue weighted by Crippen LogP contribution is 2.24. The van der Waals surface area contributed by atoms with Crippen LogP contribution < -0.4 is 0 Å². The average molecular weight is 323 g/mol. The molecule has 0 saturated carbocycles. The molecule has 3 rings (SSSR count). The van der Waals surface area contributed by atoms with Gasteiger partial charge in [-0.1, -0.05) is 41.9 Å². The summed E-state index contributed by atoms with van der Waals surface area (Å²) in [6.07, 6.45) is 3.03. The molecule has 0 atom stereocenters. The molecule has 0 fully saturated rings. The predicted octanol–water partition coefficient (Wildman–Crippen LogP) is 4.23. The number of aromatic nitrogens is 4. The minimum absolute atomic E-state index is 0.628. The number of nitrogens with one attached hydrogen (secondary N) is 1. The number of thioether (sulfide) groups is 1. The monoisotopic (exact) mass is 322 g/mol. The second kappa shape index (κ2) is 6.49. The highest BCUT2D eigenvalue weighted by molar-refractivity contribution is 7.98. The van der Waals surface area contributed by atoms with Gasteiger partial charge in [0.2, 0.25) is 5.89 Å². The number of hydrogen-bond acceptors (Lipinski definition) is 5. The molecule has 0 aliphatic carbocycles. The van der Waals surface area contributed by atoms with Gasteiger partial charge in [0.05, 0.1) is 16.8 Å². The lowest BCUT2D eigenvalue weighted by atomic mass is 10.2. The Bertz CT molecular complexity index is 739. The standard InChI is InChI=1S/C14H15ClN4OS/c1-2-3-4-13-18-12(19-20-13)8-21-14-16-10-6-5-9(15)7-11(10)17-14/h5-7H,2-4,8H2,1H3,(H,16,17). The number of benzene rings is 1. The SMILES string of the molecule is CCCCc1nc(CSc2nc3ccc(Cl)cc3[nH]2)no1. The maximum atomic E-state index is 5.96. The molecular formula is C14H15ClN4OS. The third kappa shape index (κ3) is 3.57. The number of hydrogen-bond donors (Lipinski definition) is 1. The van der Waals surface area contributed by atoms with Crippen LogP contribution in [0.5, 0.6) is 0 Å². The second-order valence-electron chi connectivity index (χ2n) is 4.70. The van der Waals surface area contributed by atoms with Crippen LogP contribution in [0.15, 0.2) is 27.9 Å². The van der Waals surface area contributed by atoms with Gasteiger partial charge in [0.1, 0.15) is 0 Å². The van der Waals surface area contributed by atoms with Crippen LogP contribution in [0.2, 0.25) is 5.02 Å². The molecule has 0 amide bonds. The lowest BCUT2D eigenvalue weighted by molar-refractivity contribution is 0.371. The summed E-state index contributed by atoms with van der Waals surface area (Å²) in [6.45, 7) is 2.14. The first-order valence-corrected chi connectivity index (χ1v) is 8.20. The molecular weight excluding hydrogens is 308 g/mol. The van der Waals surface area contributed by atoms with Crippen LogP contribution in [0.25, 0.3) is 11.0 Å². The third-order valence-electron chi connectivity index (χ3n) is 3.01. The Balaban J connectivity index is 1.64. The van der Waals surface area contributed by atoms with E-state index in [0.717, 1.165) is 35.5 Å². The van der Waals surface area contributed by atoms with Crippen molar-refractivity contribution in [2.45, 2.75) is 37.1 Å². The van der Waals surface area contributed by atoms with E-state index in [1.165, 1.54) is 0 Å². The predicted molar refractivity (Wildman–Crippen MR) is 83.6 cm³/mol. The molecule has 5 nitrogen and oxygen atoms in total. The van der Waals surface area contributed by atoms with Crippen LogP contribution in [-0.4, -0.2) is 20.1 Å². The van der Waals surface area contributed by atoms with Crippen molar-refractivity contribution in [2.24, 2.45) is 0 Å². The highest BCUT2D eigenvalue weighted by Gasteiger charge is 2.09. The first-order valence-electron chi connectivity index (χ1n) is 6.84. The molecule has 0 unspecified atom stereocenters. The summed E-state index contributed by atoms with van der Waals surface area (Å²) < 4.78 is 5.21. The average Bonchev–Trinajstić information content (AvgIpc) is 3.08. The van der Waals surface area contributed by atoms with Crippen molar-refractivity contribution in [3.05, 3.63) is 34.9 Å². The zero-order valence-electron chi connectivity index (χ0n) is 11.6. The molecule has 7 heteroatoms. The molecule has 3 aromatic rings. The minimum Gasteiger partial charge on any atom is -0.339 e. The molecule has 1 aromatic carbocycles. The maximum absolute atomic E-state index is 5.96. The molecule has 0 aliphatic heterocycles. The first kappa shape index (κ1) is 14.4. The third-order valence-corrected chi connectivity index (χ3v) is 4.12. The van der Waals surface area contributed by atoms with Gasteiger partial charge < -0.3 is 9.51 Å². The van der Waals surface area contributed by atoms with Gasteiger partial charge in [-0.3, -0.25) is 0 Å². The molecule has 21 heavy (non-hydrogen) atoms. The molecule has 110 valence electrons. The number of aryl methyl sites for hydroxylation is 1. The lowest BCUT2D eigenvalue weighted by Gasteiger charge is -1.91. The molecule has 0 bridgehead atoms. The van der Waals surface area contributed by atoms with Gasteiger partial charge in [-0.05, 0) is 24.6 Å². The van der Waals surface area contributed by atoms with E-state index >= 15 is 0 Å². The van der Waals surface area contributed by atoms with E-state index in [9.17, 15) is 0 Å². The number of nitrogens with zero attached hydrogens (tertiary/aromatic N) is 3. The number of fused-ring (bicyclic) bond motifs is 1. The number of unbranched alkanes of at least 4 members (excludes halogenated alkanes) is 1. The van der Waals surface area contributed by atoms with Crippen LogP contribution >= 0.6 is 23.4 Å². The molecule has 2 heterocycles. The van der Waals surface area contributed by atoms with E-state index in [-0.39, 0.29) is 0 Å². The molecule has 0 spiro atoms. The lowest BCUT2D eigenvalue weighted by Crippen LogP contribution is -1.87. The second-order valence-corrected chi connectivity index (χ2v) is 6.10. The molecule has 2 aromatic heterocycles. The van der Waals surface area contributed by atoms with Crippen molar-refractivity contribution >= 4 is 34.4 Å². The number of aromatic amines is 1. The molecule has 0 radical (unpaired) electrons. The van der Waals surface area contributed by atoms with Gasteiger partial charge in [0.25, 0.3) is 0 Å². The minimum atomic E-state index is 0.628. The first-order chi connectivity index (χ1) is 10.2. The Morgan fingerprint density at radius 2 is 2.24 bits per heavy atom.